The summed E-state index contributed by atoms with van der Waals surface area (Å²) >= 11 is 0. The minimum absolute atomic E-state index is 0.0990. The molecule has 34 heavy (non-hydrogen) atoms. The van der Waals surface area contributed by atoms with Gasteiger partial charge >= 0.3 is 5.97 Å². The van der Waals surface area contributed by atoms with Crippen molar-refractivity contribution in [3.05, 3.63) is 78.1 Å². The molecule has 0 spiro atoms. The number of carboxylic acids is 1. The molecule has 0 radical (unpaired) electrons. The van der Waals surface area contributed by atoms with Gasteiger partial charge in [-0.15, -0.1) is 0 Å². The monoisotopic (exact) mass is 454 g/mol. The van der Waals surface area contributed by atoms with E-state index < -0.39 is 5.97 Å². The fraction of sp³-hybridized carbons (Fsp3) is 0.310. The maximum Gasteiger partial charge on any atom is 0.352 e. The average Bonchev–Trinajstić information content (AvgIpc) is 3.46. The van der Waals surface area contributed by atoms with Gasteiger partial charge < -0.3 is 14.4 Å². The normalized spacial score (nSPS) is 14.6. The summed E-state index contributed by atoms with van der Waals surface area (Å²) in [5.41, 5.74) is 5.29. The van der Waals surface area contributed by atoms with Gasteiger partial charge in [0.2, 0.25) is 5.88 Å². The van der Waals surface area contributed by atoms with Crippen LogP contribution < -0.4 is 4.74 Å². The predicted octanol–water partition coefficient (Wildman–Crippen LogP) is 7.01. The van der Waals surface area contributed by atoms with Gasteiger partial charge in [0.05, 0.1) is 17.4 Å². The quantitative estimate of drug-likeness (QED) is 0.352. The third-order valence-electron chi connectivity index (χ3n) is 6.67. The molecular weight excluding hydrogens is 424 g/mol. The van der Waals surface area contributed by atoms with Gasteiger partial charge in [-0.2, -0.15) is 0 Å². The van der Waals surface area contributed by atoms with Gasteiger partial charge in [-0.25, -0.2) is 9.78 Å². The highest BCUT2D eigenvalue weighted by atomic mass is 16.5. The first-order valence-electron chi connectivity index (χ1n) is 11.9. The van der Waals surface area contributed by atoms with Crippen LogP contribution in [0.1, 0.15) is 62.5 Å². The first-order chi connectivity index (χ1) is 16.3. The largest absolute Gasteiger partial charge is 0.477 e. The summed E-state index contributed by atoms with van der Waals surface area (Å²) in [6.45, 7) is 6.60. The minimum atomic E-state index is -0.974. The molecule has 174 valence electrons. The zero-order valence-corrected chi connectivity index (χ0v) is 19.9. The number of rotatable bonds is 5. The van der Waals surface area contributed by atoms with Crippen molar-refractivity contribution in [3.8, 4) is 22.7 Å². The van der Waals surface area contributed by atoms with Crippen LogP contribution in [-0.4, -0.2) is 26.7 Å². The molecule has 1 aliphatic rings. The van der Waals surface area contributed by atoms with E-state index >= 15 is 0 Å². The summed E-state index contributed by atoms with van der Waals surface area (Å²) in [4.78, 5) is 16.5. The number of carboxylic acid groups (broad SMARTS) is 1. The molecule has 4 aromatic rings. The zero-order valence-electron chi connectivity index (χ0n) is 19.9. The van der Waals surface area contributed by atoms with Crippen molar-refractivity contribution in [1.29, 1.82) is 0 Å². The van der Waals surface area contributed by atoms with Gasteiger partial charge in [0.15, 0.2) is 0 Å². The Labute approximate surface area is 200 Å². The third-order valence-corrected chi connectivity index (χ3v) is 6.67. The van der Waals surface area contributed by atoms with Crippen LogP contribution in [0.2, 0.25) is 0 Å². The Balaban J connectivity index is 1.50. The number of hydrogen-bond donors (Lipinski definition) is 1. The summed E-state index contributed by atoms with van der Waals surface area (Å²) in [5.74, 6) is -0.386. The van der Waals surface area contributed by atoms with Crippen molar-refractivity contribution in [2.75, 3.05) is 0 Å². The lowest BCUT2D eigenvalue weighted by Crippen LogP contribution is -2.12. The molecule has 1 aliphatic carbocycles. The molecule has 2 aromatic heterocycles. The Kier molecular flexibility index (Phi) is 5.64. The highest BCUT2D eigenvalue weighted by Crippen LogP contribution is 2.31. The van der Waals surface area contributed by atoms with E-state index in [-0.39, 0.29) is 17.2 Å². The summed E-state index contributed by atoms with van der Waals surface area (Å²) in [5, 5.41) is 10.8. The molecule has 0 amide bonds. The fourth-order valence-electron chi connectivity index (χ4n) is 4.74. The number of ether oxygens (including phenoxy) is 1. The van der Waals surface area contributed by atoms with Crippen LogP contribution in [0.15, 0.2) is 66.9 Å². The number of carbonyl (C=O) groups is 1. The van der Waals surface area contributed by atoms with Crippen molar-refractivity contribution in [2.45, 2.75) is 58.0 Å². The highest BCUT2D eigenvalue weighted by molar-refractivity contribution is 5.97. The van der Waals surface area contributed by atoms with E-state index in [1.807, 2.05) is 24.3 Å². The minimum Gasteiger partial charge on any atom is -0.477 e. The Morgan fingerprint density at radius 3 is 2.29 bits per heavy atom. The Hall–Kier alpha value is -3.60. The summed E-state index contributed by atoms with van der Waals surface area (Å²) < 4.78 is 7.72. The number of fused-ring (bicyclic) bond motifs is 1. The van der Waals surface area contributed by atoms with E-state index in [2.05, 4.69) is 56.1 Å². The van der Waals surface area contributed by atoms with Crippen LogP contribution in [0.25, 0.3) is 27.7 Å². The molecule has 2 aromatic carbocycles. The topological polar surface area (TPSA) is 64.3 Å². The van der Waals surface area contributed by atoms with Gasteiger partial charge in [-0.05, 0) is 72.1 Å². The summed E-state index contributed by atoms with van der Waals surface area (Å²) in [6, 6.07) is 20.1. The fourth-order valence-corrected chi connectivity index (χ4v) is 4.74. The molecule has 0 atom stereocenters. The van der Waals surface area contributed by atoms with Gasteiger partial charge in [-0.3, -0.25) is 0 Å². The molecule has 1 fully saturated rings. The van der Waals surface area contributed by atoms with Crippen molar-refractivity contribution < 1.29 is 14.6 Å². The third kappa shape index (κ3) is 4.30. The van der Waals surface area contributed by atoms with E-state index in [1.165, 1.54) is 18.4 Å². The van der Waals surface area contributed by atoms with Gasteiger partial charge in [0.25, 0.3) is 0 Å². The maximum absolute atomic E-state index is 12.1. The number of pyridine rings is 1. The molecule has 0 bridgehead atoms. The first kappa shape index (κ1) is 22.2. The molecule has 5 rings (SSSR count). The average molecular weight is 455 g/mol. The summed E-state index contributed by atoms with van der Waals surface area (Å²) in [7, 11) is 0. The number of aromatic nitrogens is 2. The van der Waals surface area contributed by atoms with Crippen molar-refractivity contribution in [1.82, 2.24) is 9.55 Å². The van der Waals surface area contributed by atoms with Crippen LogP contribution in [0.4, 0.5) is 0 Å². The van der Waals surface area contributed by atoms with E-state index in [1.54, 1.807) is 16.8 Å². The SMILES string of the molecule is CC(C)(C)c1ccc(-c2ccc3c(c2)cc(C(=O)O)n3-c2ccc(OC3CCCC3)nc2)cc1. The van der Waals surface area contributed by atoms with E-state index in [0.717, 1.165) is 34.9 Å². The molecule has 0 unspecified atom stereocenters. The maximum atomic E-state index is 12.1. The second kappa shape index (κ2) is 8.64. The molecule has 5 nitrogen and oxygen atoms in total. The van der Waals surface area contributed by atoms with Gasteiger partial charge in [-0.1, -0.05) is 51.1 Å². The van der Waals surface area contributed by atoms with E-state index in [9.17, 15) is 9.90 Å². The standard InChI is InChI=1S/C29H30N2O3/c1-29(2,3)22-11-8-19(9-12-22)20-10-14-25-21(16-20)17-26(28(32)33)31(25)23-13-15-27(30-18-23)34-24-6-4-5-7-24/h8-18,24H,4-7H2,1-3H3,(H,32,33). The first-order valence-corrected chi connectivity index (χ1v) is 11.9. The number of hydrogen-bond acceptors (Lipinski definition) is 3. The van der Waals surface area contributed by atoms with E-state index in [4.69, 9.17) is 4.74 Å². The van der Waals surface area contributed by atoms with Gasteiger partial charge in [0.1, 0.15) is 11.8 Å². The van der Waals surface area contributed by atoms with Crippen molar-refractivity contribution in [2.24, 2.45) is 0 Å². The van der Waals surface area contributed by atoms with Crippen LogP contribution >= 0.6 is 0 Å². The van der Waals surface area contributed by atoms with Crippen molar-refractivity contribution in [3.63, 3.8) is 0 Å². The molecule has 0 saturated heterocycles. The Bertz CT molecular complexity index is 1320. The molecule has 2 heterocycles. The highest BCUT2D eigenvalue weighted by Gasteiger charge is 2.19. The second-order valence-electron chi connectivity index (χ2n) is 10.2. The molecule has 5 heteroatoms. The molecule has 0 aliphatic heterocycles. The smallest absolute Gasteiger partial charge is 0.352 e. The lowest BCUT2D eigenvalue weighted by molar-refractivity contribution is 0.0688. The lowest BCUT2D eigenvalue weighted by Gasteiger charge is -2.19. The van der Waals surface area contributed by atoms with Crippen LogP contribution in [-0.2, 0) is 5.41 Å². The van der Waals surface area contributed by atoms with Crippen molar-refractivity contribution >= 4 is 16.9 Å². The Morgan fingerprint density at radius 1 is 0.971 bits per heavy atom. The van der Waals surface area contributed by atoms with Crippen LogP contribution in [0, 0.1) is 0 Å². The van der Waals surface area contributed by atoms with Crippen LogP contribution in [0.3, 0.4) is 0 Å². The number of nitrogens with zero attached hydrogens (tertiary/aromatic N) is 2. The van der Waals surface area contributed by atoms with Gasteiger partial charge in [0, 0.05) is 11.5 Å². The number of aromatic carboxylic acids is 1. The summed E-state index contributed by atoms with van der Waals surface area (Å²) in [6.07, 6.45) is 6.45. The second-order valence-corrected chi connectivity index (χ2v) is 10.2. The molecule has 1 saturated carbocycles. The zero-order chi connectivity index (χ0) is 23.9. The van der Waals surface area contributed by atoms with E-state index in [0.29, 0.717) is 11.6 Å². The van der Waals surface area contributed by atoms with Crippen LogP contribution in [0.5, 0.6) is 5.88 Å². The lowest BCUT2D eigenvalue weighted by atomic mass is 9.86. The predicted molar refractivity (Wildman–Crippen MR) is 135 cm³/mol. The molecular formula is C29H30N2O3. The Morgan fingerprint density at radius 2 is 1.68 bits per heavy atom. The number of benzene rings is 2. The molecule has 1 N–H and O–H groups in total.